The molecule has 1 aromatic carbocycles. The van der Waals surface area contributed by atoms with Crippen LogP contribution in [-0.2, 0) is 6.54 Å². The van der Waals surface area contributed by atoms with E-state index in [9.17, 15) is 0 Å². The van der Waals surface area contributed by atoms with Gasteiger partial charge in [0.1, 0.15) is 0 Å². The minimum atomic E-state index is 0.356. The van der Waals surface area contributed by atoms with Crippen LogP contribution < -0.4 is 10.6 Å². The Morgan fingerprint density at radius 3 is 2.71 bits per heavy atom. The van der Waals surface area contributed by atoms with Crippen molar-refractivity contribution >= 4 is 5.96 Å². The van der Waals surface area contributed by atoms with Crippen LogP contribution in [0.4, 0.5) is 0 Å². The van der Waals surface area contributed by atoms with Crippen LogP contribution in [0.5, 0.6) is 0 Å². The molecular formula is C16H23N5. The maximum atomic E-state index is 4.57. The first-order chi connectivity index (χ1) is 10.2. The number of aromatic nitrogens is 2. The van der Waals surface area contributed by atoms with Gasteiger partial charge in [-0.2, -0.15) is 5.10 Å². The fourth-order valence-electron chi connectivity index (χ4n) is 1.93. The Balaban J connectivity index is 2.04. The van der Waals surface area contributed by atoms with Gasteiger partial charge in [-0.05, 0) is 32.9 Å². The third kappa shape index (κ3) is 4.63. The van der Waals surface area contributed by atoms with Crippen LogP contribution in [0.1, 0.15) is 26.3 Å². The third-order valence-corrected chi connectivity index (χ3v) is 2.85. The molecule has 0 saturated heterocycles. The Bertz CT molecular complexity index is 571. The summed E-state index contributed by atoms with van der Waals surface area (Å²) in [6.07, 6.45) is 3.87. The number of guanidine groups is 1. The van der Waals surface area contributed by atoms with Gasteiger partial charge >= 0.3 is 0 Å². The lowest BCUT2D eigenvalue weighted by Crippen LogP contribution is -2.40. The number of hydrogen-bond donors (Lipinski definition) is 2. The number of benzene rings is 1. The van der Waals surface area contributed by atoms with Gasteiger partial charge in [-0.25, -0.2) is 9.67 Å². The minimum absolute atomic E-state index is 0.356. The number of para-hydroxylation sites is 1. The highest BCUT2D eigenvalue weighted by molar-refractivity contribution is 5.79. The van der Waals surface area contributed by atoms with Crippen LogP contribution >= 0.6 is 0 Å². The topological polar surface area (TPSA) is 54.2 Å². The van der Waals surface area contributed by atoms with Gasteiger partial charge in [-0.1, -0.05) is 18.2 Å². The van der Waals surface area contributed by atoms with Crippen LogP contribution in [0.15, 0.2) is 47.7 Å². The van der Waals surface area contributed by atoms with Gasteiger partial charge in [-0.3, -0.25) is 0 Å². The number of hydrogen-bond acceptors (Lipinski definition) is 2. The molecule has 0 aliphatic rings. The molecule has 0 unspecified atom stereocenters. The molecule has 2 aromatic rings. The van der Waals surface area contributed by atoms with Crippen LogP contribution in [0, 0.1) is 0 Å². The molecular weight excluding hydrogens is 262 g/mol. The molecule has 21 heavy (non-hydrogen) atoms. The van der Waals surface area contributed by atoms with Gasteiger partial charge in [0.2, 0.25) is 0 Å². The summed E-state index contributed by atoms with van der Waals surface area (Å²) in [6.45, 7) is 7.71. The summed E-state index contributed by atoms with van der Waals surface area (Å²) in [5.74, 6) is 0.833. The van der Waals surface area contributed by atoms with Crippen LogP contribution in [0.2, 0.25) is 0 Å². The van der Waals surface area contributed by atoms with Gasteiger partial charge < -0.3 is 10.6 Å². The summed E-state index contributed by atoms with van der Waals surface area (Å²) in [7, 11) is 0. The molecule has 0 radical (unpaired) electrons. The standard InChI is InChI=1S/C16H23N5/c1-4-17-16(20-13(2)3)18-10-14-11-19-21(12-14)15-8-6-5-7-9-15/h5-9,11-13H,4,10H2,1-3H3,(H2,17,18,20). The molecule has 2 rings (SSSR count). The molecule has 1 heterocycles. The van der Waals surface area contributed by atoms with E-state index in [-0.39, 0.29) is 0 Å². The van der Waals surface area contributed by atoms with E-state index in [0.717, 1.165) is 23.8 Å². The molecule has 5 nitrogen and oxygen atoms in total. The third-order valence-electron chi connectivity index (χ3n) is 2.85. The van der Waals surface area contributed by atoms with E-state index in [1.54, 1.807) is 0 Å². The average Bonchev–Trinajstić information content (AvgIpc) is 2.94. The lowest BCUT2D eigenvalue weighted by atomic mass is 10.3. The molecule has 1 aromatic heterocycles. The lowest BCUT2D eigenvalue weighted by molar-refractivity contribution is 0.700. The Morgan fingerprint density at radius 1 is 1.29 bits per heavy atom. The molecule has 5 heteroatoms. The zero-order valence-corrected chi connectivity index (χ0v) is 12.9. The predicted octanol–water partition coefficient (Wildman–Crippen LogP) is 2.34. The van der Waals surface area contributed by atoms with E-state index in [1.165, 1.54) is 0 Å². The van der Waals surface area contributed by atoms with E-state index in [1.807, 2.05) is 47.4 Å². The van der Waals surface area contributed by atoms with Crippen LogP contribution in [-0.4, -0.2) is 28.3 Å². The highest BCUT2D eigenvalue weighted by Gasteiger charge is 2.02. The summed E-state index contributed by atoms with van der Waals surface area (Å²) < 4.78 is 1.87. The lowest BCUT2D eigenvalue weighted by Gasteiger charge is -2.13. The maximum Gasteiger partial charge on any atom is 0.191 e. The number of nitrogens with one attached hydrogen (secondary N) is 2. The molecule has 0 spiro atoms. The van der Waals surface area contributed by atoms with Gasteiger partial charge in [0, 0.05) is 24.3 Å². The van der Waals surface area contributed by atoms with E-state index < -0.39 is 0 Å². The summed E-state index contributed by atoms with van der Waals surface area (Å²) in [4.78, 5) is 4.57. The minimum Gasteiger partial charge on any atom is -0.357 e. The molecule has 0 saturated carbocycles. The largest absolute Gasteiger partial charge is 0.357 e. The second-order valence-electron chi connectivity index (χ2n) is 5.12. The zero-order valence-electron chi connectivity index (χ0n) is 12.9. The van der Waals surface area contributed by atoms with Gasteiger partial charge in [0.15, 0.2) is 5.96 Å². The smallest absolute Gasteiger partial charge is 0.191 e. The van der Waals surface area contributed by atoms with E-state index in [0.29, 0.717) is 12.6 Å². The molecule has 2 N–H and O–H groups in total. The number of nitrogens with zero attached hydrogens (tertiary/aromatic N) is 3. The molecule has 0 aliphatic carbocycles. The van der Waals surface area contributed by atoms with Gasteiger partial charge in [0.25, 0.3) is 0 Å². The van der Waals surface area contributed by atoms with Crippen molar-refractivity contribution in [2.45, 2.75) is 33.4 Å². The number of rotatable bonds is 5. The Morgan fingerprint density at radius 2 is 2.05 bits per heavy atom. The summed E-state index contributed by atoms with van der Waals surface area (Å²) in [5.41, 5.74) is 2.14. The zero-order chi connectivity index (χ0) is 15.1. The Labute approximate surface area is 126 Å². The number of aliphatic imine (C=N–C) groups is 1. The molecule has 0 amide bonds. The first kappa shape index (κ1) is 15.1. The first-order valence-corrected chi connectivity index (χ1v) is 7.33. The fourth-order valence-corrected chi connectivity index (χ4v) is 1.93. The maximum absolute atomic E-state index is 4.57. The summed E-state index contributed by atoms with van der Waals surface area (Å²) in [5, 5.41) is 10.9. The second-order valence-corrected chi connectivity index (χ2v) is 5.12. The van der Waals surface area contributed by atoms with Crippen LogP contribution in [0.25, 0.3) is 5.69 Å². The molecule has 0 bridgehead atoms. The Kier molecular flexibility index (Phi) is 5.37. The average molecular weight is 285 g/mol. The van der Waals surface area contributed by atoms with Gasteiger partial charge in [0.05, 0.1) is 18.4 Å². The van der Waals surface area contributed by atoms with Crippen molar-refractivity contribution < 1.29 is 0 Å². The Hall–Kier alpha value is -2.30. The quantitative estimate of drug-likeness (QED) is 0.655. The first-order valence-electron chi connectivity index (χ1n) is 7.33. The summed E-state index contributed by atoms with van der Waals surface area (Å²) >= 11 is 0. The van der Waals surface area contributed by atoms with Crippen molar-refractivity contribution in [2.75, 3.05) is 6.54 Å². The monoisotopic (exact) mass is 285 g/mol. The van der Waals surface area contributed by atoms with Crippen molar-refractivity contribution in [1.29, 1.82) is 0 Å². The van der Waals surface area contributed by atoms with Crippen molar-refractivity contribution in [3.63, 3.8) is 0 Å². The van der Waals surface area contributed by atoms with Crippen LogP contribution in [0.3, 0.4) is 0 Å². The highest BCUT2D eigenvalue weighted by atomic mass is 15.3. The summed E-state index contributed by atoms with van der Waals surface area (Å²) in [6, 6.07) is 10.4. The highest BCUT2D eigenvalue weighted by Crippen LogP contribution is 2.08. The van der Waals surface area contributed by atoms with Crippen molar-refractivity contribution in [1.82, 2.24) is 20.4 Å². The molecule has 112 valence electrons. The van der Waals surface area contributed by atoms with Crippen molar-refractivity contribution in [2.24, 2.45) is 4.99 Å². The SMILES string of the molecule is CCNC(=NCc1cnn(-c2ccccc2)c1)NC(C)C. The molecule has 0 fully saturated rings. The van der Waals surface area contributed by atoms with E-state index in [2.05, 4.69) is 41.5 Å². The van der Waals surface area contributed by atoms with Crippen molar-refractivity contribution in [3.8, 4) is 5.69 Å². The normalized spacial score (nSPS) is 11.7. The molecule has 0 aliphatic heterocycles. The predicted molar refractivity (Wildman–Crippen MR) is 86.7 cm³/mol. The van der Waals surface area contributed by atoms with E-state index in [4.69, 9.17) is 0 Å². The molecule has 0 atom stereocenters. The van der Waals surface area contributed by atoms with Gasteiger partial charge in [-0.15, -0.1) is 0 Å². The van der Waals surface area contributed by atoms with Crippen molar-refractivity contribution in [3.05, 3.63) is 48.3 Å². The fraction of sp³-hybridized carbons (Fsp3) is 0.375. The van der Waals surface area contributed by atoms with E-state index >= 15 is 0 Å². The second kappa shape index (κ2) is 7.47.